The predicted molar refractivity (Wildman–Crippen MR) is 99.8 cm³/mol. The van der Waals surface area contributed by atoms with E-state index < -0.39 is 18.3 Å². The van der Waals surface area contributed by atoms with Crippen LogP contribution >= 0.6 is 11.8 Å². The summed E-state index contributed by atoms with van der Waals surface area (Å²) in [6, 6.07) is 5.76. The van der Waals surface area contributed by atoms with Crippen LogP contribution in [0.15, 0.2) is 29.4 Å². The Balaban J connectivity index is 1.76. The van der Waals surface area contributed by atoms with E-state index in [9.17, 15) is 14.0 Å². The molecule has 7 nitrogen and oxygen atoms in total. The van der Waals surface area contributed by atoms with Crippen LogP contribution in [0.2, 0.25) is 0 Å². The summed E-state index contributed by atoms with van der Waals surface area (Å²) in [7, 11) is 0. The van der Waals surface area contributed by atoms with Crippen molar-refractivity contribution >= 4 is 23.6 Å². The van der Waals surface area contributed by atoms with Crippen LogP contribution in [-0.4, -0.2) is 34.6 Å². The van der Waals surface area contributed by atoms with Crippen LogP contribution in [0.25, 0.3) is 0 Å². The molecule has 144 valence electrons. The van der Waals surface area contributed by atoms with Crippen LogP contribution in [0.5, 0.6) is 5.75 Å². The number of ether oxygens (including phenoxy) is 1. The van der Waals surface area contributed by atoms with Gasteiger partial charge in [-0.3, -0.25) is 20.4 Å². The molecule has 0 unspecified atom stereocenters. The van der Waals surface area contributed by atoms with Crippen molar-refractivity contribution in [2.24, 2.45) is 0 Å². The third-order valence-electron chi connectivity index (χ3n) is 3.72. The summed E-state index contributed by atoms with van der Waals surface area (Å²) in [5.74, 6) is -1.54. The molecule has 2 aromatic rings. The van der Waals surface area contributed by atoms with Crippen molar-refractivity contribution in [1.29, 1.82) is 0 Å². The number of hydrogen-bond acceptors (Lipinski definition) is 6. The molecular formula is C18H21FN4O3S. The average molecular weight is 392 g/mol. The van der Waals surface area contributed by atoms with Crippen molar-refractivity contribution in [2.75, 3.05) is 12.9 Å². The van der Waals surface area contributed by atoms with Crippen LogP contribution in [0.3, 0.4) is 0 Å². The first-order valence-electron chi connectivity index (χ1n) is 8.23. The third-order valence-corrected chi connectivity index (χ3v) is 4.27. The monoisotopic (exact) mass is 392 g/mol. The van der Waals surface area contributed by atoms with Crippen molar-refractivity contribution in [2.45, 2.75) is 31.8 Å². The number of halogens is 1. The maximum Gasteiger partial charge on any atom is 0.276 e. The van der Waals surface area contributed by atoms with Gasteiger partial charge in [0.1, 0.15) is 0 Å². The normalized spacial score (nSPS) is 10.4. The summed E-state index contributed by atoms with van der Waals surface area (Å²) in [5, 5.41) is 0.695. The second-order valence-corrected chi connectivity index (χ2v) is 6.45. The summed E-state index contributed by atoms with van der Waals surface area (Å²) in [6.07, 6.45) is 2.53. The van der Waals surface area contributed by atoms with Gasteiger partial charge in [-0.2, -0.15) is 0 Å². The minimum Gasteiger partial charge on any atom is -0.481 e. The summed E-state index contributed by atoms with van der Waals surface area (Å²) in [4.78, 5) is 32.3. The van der Waals surface area contributed by atoms with Gasteiger partial charge in [-0.25, -0.2) is 14.4 Å². The molecule has 2 rings (SSSR count). The number of thioether (sulfide) groups is 1. The van der Waals surface area contributed by atoms with E-state index in [1.807, 2.05) is 20.1 Å². The number of nitrogens with one attached hydrogen (secondary N) is 2. The van der Waals surface area contributed by atoms with Crippen molar-refractivity contribution in [3.05, 3.63) is 47.0 Å². The molecule has 0 atom stereocenters. The highest BCUT2D eigenvalue weighted by atomic mass is 32.2. The van der Waals surface area contributed by atoms with Gasteiger partial charge in [-0.15, -0.1) is 0 Å². The molecule has 0 aliphatic heterocycles. The summed E-state index contributed by atoms with van der Waals surface area (Å²) >= 11 is 1.46. The lowest BCUT2D eigenvalue weighted by atomic mass is 10.1. The maximum absolute atomic E-state index is 13.4. The van der Waals surface area contributed by atoms with Gasteiger partial charge < -0.3 is 4.74 Å². The largest absolute Gasteiger partial charge is 0.481 e. The summed E-state index contributed by atoms with van der Waals surface area (Å²) < 4.78 is 18.4. The molecule has 0 spiro atoms. The van der Waals surface area contributed by atoms with Crippen LogP contribution in [0.1, 0.15) is 23.4 Å². The van der Waals surface area contributed by atoms with E-state index in [4.69, 9.17) is 4.74 Å². The van der Waals surface area contributed by atoms with Crippen LogP contribution < -0.4 is 15.6 Å². The van der Waals surface area contributed by atoms with Gasteiger partial charge in [0.05, 0.1) is 0 Å². The second-order valence-electron chi connectivity index (χ2n) is 5.68. The summed E-state index contributed by atoms with van der Waals surface area (Å²) in [5.41, 5.74) is 7.13. The molecule has 0 saturated heterocycles. The number of carbonyl (C=O) groups excluding carboxylic acids is 2. The Bertz CT molecular complexity index is 809. The Morgan fingerprint density at radius 3 is 2.37 bits per heavy atom. The zero-order valence-electron chi connectivity index (χ0n) is 15.3. The average Bonchev–Trinajstić information content (AvgIpc) is 2.64. The quantitative estimate of drug-likeness (QED) is 0.426. The Morgan fingerprint density at radius 1 is 1.11 bits per heavy atom. The van der Waals surface area contributed by atoms with Crippen LogP contribution in [-0.2, 0) is 16.0 Å². The lowest BCUT2D eigenvalue weighted by Gasteiger charge is -2.11. The molecule has 2 amide bonds. The fraction of sp³-hybridized carbons (Fsp3) is 0.333. The van der Waals surface area contributed by atoms with Gasteiger partial charge in [-0.1, -0.05) is 23.9 Å². The molecule has 1 aromatic carbocycles. The molecule has 27 heavy (non-hydrogen) atoms. The van der Waals surface area contributed by atoms with Crippen molar-refractivity contribution < 1.29 is 18.7 Å². The lowest BCUT2D eigenvalue weighted by molar-refractivity contribution is -0.130. The van der Waals surface area contributed by atoms with Crippen molar-refractivity contribution in [3.8, 4) is 5.75 Å². The maximum atomic E-state index is 13.4. The first kappa shape index (κ1) is 20.6. The molecule has 2 N–H and O–H groups in total. The summed E-state index contributed by atoms with van der Waals surface area (Å²) in [6.45, 7) is 3.34. The number of para-hydroxylation sites is 1. The standard InChI is InChI=1S/C18H21FN4O3S/c1-11-13(12(2)21-18(20-11)27-3)8-9-16(24)22-23-17(25)10-26-15-7-5-4-6-14(15)19/h4-7H,8-10H2,1-3H3,(H,22,24)(H,23,25). The molecule has 0 aliphatic rings. The number of hydrogen-bond donors (Lipinski definition) is 2. The third kappa shape index (κ3) is 6.21. The van der Waals surface area contributed by atoms with Gasteiger partial charge in [0, 0.05) is 17.8 Å². The van der Waals surface area contributed by atoms with E-state index in [0.29, 0.717) is 11.6 Å². The molecule has 0 aliphatic carbocycles. The van der Waals surface area contributed by atoms with Gasteiger partial charge >= 0.3 is 0 Å². The fourth-order valence-corrected chi connectivity index (χ4v) is 2.80. The highest BCUT2D eigenvalue weighted by molar-refractivity contribution is 7.98. The first-order chi connectivity index (χ1) is 12.9. The zero-order valence-corrected chi connectivity index (χ0v) is 16.2. The molecule has 1 aromatic heterocycles. The van der Waals surface area contributed by atoms with Crippen LogP contribution in [0.4, 0.5) is 4.39 Å². The number of benzene rings is 1. The predicted octanol–water partition coefficient (Wildman–Crippen LogP) is 2.11. The van der Waals surface area contributed by atoms with Gasteiger partial charge in [0.2, 0.25) is 5.91 Å². The van der Waals surface area contributed by atoms with E-state index in [-0.39, 0.29) is 18.1 Å². The number of rotatable bonds is 7. The van der Waals surface area contributed by atoms with E-state index in [0.717, 1.165) is 17.0 Å². The topological polar surface area (TPSA) is 93.2 Å². The zero-order chi connectivity index (χ0) is 19.8. The van der Waals surface area contributed by atoms with E-state index in [2.05, 4.69) is 20.8 Å². The molecular weight excluding hydrogens is 371 g/mol. The second kappa shape index (κ2) is 9.86. The van der Waals surface area contributed by atoms with E-state index in [1.54, 1.807) is 6.07 Å². The number of nitrogens with zero attached hydrogens (tertiary/aromatic N) is 2. The number of aryl methyl sites for hydroxylation is 2. The molecule has 9 heteroatoms. The molecule has 1 heterocycles. The number of hydrazine groups is 1. The number of carbonyl (C=O) groups is 2. The van der Waals surface area contributed by atoms with Crippen LogP contribution in [0, 0.1) is 19.7 Å². The Hall–Kier alpha value is -2.68. The number of aromatic nitrogens is 2. The highest BCUT2D eigenvalue weighted by Gasteiger charge is 2.12. The van der Waals surface area contributed by atoms with E-state index >= 15 is 0 Å². The van der Waals surface area contributed by atoms with Gasteiger partial charge in [0.25, 0.3) is 5.91 Å². The Kier molecular flexibility index (Phi) is 7.54. The minimum absolute atomic E-state index is 0.0291. The Morgan fingerprint density at radius 2 is 1.74 bits per heavy atom. The molecule has 0 saturated carbocycles. The van der Waals surface area contributed by atoms with E-state index in [1.165, 1.54) is 30.0 Å². The lowest BCUT2D eigenvalue weighted by Crippen LogP contribution is -2.44. The molecule has 0 fully saturated rings. The first-order valence-corrected chi connectivity index (χ1v) is 9.46. The smallest absolute Gasteiger partial charge is 0.276 e. The SMILES string of the molecule is CSc1nc(C)c(CCC(=O)NNC(=O)COc2ccccc2F)c(C)n1. The molecule has 0 radical (unpaired) electrons. The molecule has 0 bridgehead atoms. The number of amides is 2. The van der Waals surface area contributed by atoms with Gasteiger partial charge in [-0.05, 0) is 44.2 Å². The minimum atomic E-state index is -0.591. The van der Waals surface area contributed by atoms with Crippen molar-refractivity contribution in [1.82, 2.24) is 20.8 Å². The Labute approximate surface area is 161 Å². The van der Waals surface area contributed by atoms with Crippen molar-refractivity contribution in [3.63, 3.8) is 0 Å². The fourth-order valence-electron chi connectivity index (χ4n) is 2.34. The highest BCUT2D eigenvalue weighted by Crippen LogP contribution is 2.17. The van der Waals surface area contributed by atoms with Gasteiger partial charge in [0.15, 0.2) is 23.3 Å².